The Bertz CT molecular complexity index is 370. The molecule has 2 atom stereocenters. The van der Waals surface area contributed by atoms with Crippen LogP contribution in [-0.2, 0) is 15.5 Å². The highest BCUT2D eigenvalue weighted by molar-refractivity contribution is 7.85. The van der Waals surface area contributed by atoms with Gasteiger partial charge >= 0.3 is 5.97 Å². The van der Waals surface area contributed by atoms with Gasteiger partial charge in [0.1, 0.15) is 0 Å². The summed E-state index contributed by atoms with van der Waals surface area (Å²) < 4.78 is 21.5. The maximum Gasteiger partial charge on any atom is 0.371 e. The summed E-state index contributed by atoms with van der Waals surface area (Å²) in [6.07, 6.45) is 0. The lowest BCUT2D eigenvalue weighted by Gasteiger charge is -2.06. The zero-order valence-corrected chi connectivity index (χ0v) is 9.24. The Kier molecular flexibility index (Phi) is 4.05. The zero-order chi connectivity index (χ0) is 11.4. The summed E-state index contributed by atoms with van der Waals surface area (Å²) in [7, 11) is 0.134. The van der Waals surface area contributed by atoms with Gasteiger partial charge in [-0.2, -0.15) is 0 Å². The van der Waals surface area contributed by atoms with Crippen molar-refractivity contribution in [1.82, 2.24) is 0 Å². The van der Waals surface area contributed by atoms with E-state index in [1.54, 1.807) is 6.92 Å². The van der Waals surface area contributed by atoms with E-state index < -0.39 is 16.8 Å². The predicted octanol–water partition coefficient (Wildman–Crippen LogP) is 1.12. The van der Waals surface area contributed by atoms with Gasteiger partial charge in [-0.1, -0.05) is 0 Å². The average Bonchev–Trinajstić information content (AvgIpc) is 2.65. The van der Waals surface area contributed by atoms with Gasteiger partial charge in [0, 0.05) is 7.11 Å². The van der Waals surface area contributed by atoms with E-state index in [9.17, 15) is 9.00 Å². The summed E-state index contributed by atoms with van der Waals surface area (Å²) in [5.74, 6) is -1.37. The van der Waals surface area contributed by atoms with Crippen molar-refractivity contribution >= 4 is 16.8 Å². The molecule has 0 radical (unpaired) electrons. The fourth-order valence-electron chi connectivity index (χ4n) is 1.04. The minimum atomic E-state index is -1.38. The summed E-state index contributed by atoms with van der Waals surface area (Å²) in [6.45, 7) is 2.07. The average molecular weight is 232 g/mol. The van der Waals surface area contributed by atoms with Crippen molar-refractivity contribution in [1.29, 1.82) is 0 Å². The zero-order valence-electron chi connectivity index (χ0n) is 8.43. The first kappa shape index (κ1) is 11.9. The first-order chi connectivity index (χ1) is 7.06. The van der Waals surface area contributed by atoms with Crippen LogP contribution in [0.3, 0.4) is 0 Å². The molecule has 0 aromatic carbocycles. The minimum Gasteiger partial charge on any atom is -0.475 e. The standard InChI is InChI=1S/C9H12O5S/c1-6(5-13-2)15(12)8-4-3-7(14-8)9(10)11/h3-4,6H,5H2,1-2H3,(H,10,11). The van der Waals surface area contributed by atoms with Gasteiger partial charge in [0.2, 0.25) is 5.76 Å². The van der Waals surface area contributed by atoms with E-state index in [1.165, 1.54) is 19.2 Å². The molecule has 0 aliphatic carbocycles. The Morgan fingerprint density at radius 3 is 2.80 bits per heavy atom. The second kappa shape index (κ2) is 5.09. The molecule has 1 N–H and O–H groups in total. The van der Waals surface area contributed by atoms with Crippen LogP contribution in [-0.4, -0.2) is 34.3 Å². The maximum atomic E-state index is 11.7. The highest BCUT2D eigenvalue weighted by Gasteiger charge is 2.18. The van der Waals surface area contributed by atoms with Crippen molar-refractivity contribution in [2.75, 3.05) is 13.7 Å². The molecule has 0 saturated carbocycles. The Hall–Kier alpha value is -1.14. The van der Waals surface area contributed by atoms with E-state index >= 15 is 0 Å². The van der Waals surface area contributed by atoms with Crippen molar-refractivity contribution in [3.63, 3.8) is 0 Å². The van der Waals surface area contributed by atoms with Crippen molar-refractivity contribution < 1.29 is 23.3 Å². The molecule has 1 rings (SSSR count). The maximum absolute atomic E-state index is 11.7. The summed E-state index contributed by atoms with van der Waals surface area (Å²) in [5.41, 5.74) is 0. The smallest absolute Gasteiger partial charge is 0.371 e. The molecular weight excluding hydrogens is 220 g/mol. The van der Waals surface area contributed by atoms with Crippen LogP contribution in [0.1, 0.15) is 17.5 Å². The molecule has 84 valence electrons. The largest absolute Gasteiger partial charge is 0.475 e. The van der Waals surface area contributed by atoms with Crippen LogP contribution in [0.15, 0.2) is 21.6 Å². The molecule has 0 fully saturated rings. The molecule has 1 aromatic heterocycles. The van der Waals surface area contributed by atoms with E-state index in [4.69, 9.17) is 14.3 Å². The number of carboxylic acids is 1. The molecule has 5 nitrogen and oxygen atoms in total. The number of hydrogen-bond acceptors (Lipinski definition) is 4. The molecule has 6 heteroatoms. The molecule has 15 heavy (non-hydrogen) atoms. The summed E-state index contributed by atoms with van der Waals surface area (Å²) in [5, 5.41) is 8.53. The topological polar surface area (TPSA) is 76.7 Å². The van der Waals surface area contributed by atoms with Gasteiger partial charge in [-0.05, 0) is 19.1 Å². The lowest BCUT2D eigenvalue weighted by Crippen LogP contribution is -2.16. The number of carboxylic acid groups (broad SMARTS) is 1. The molecule has 0 saturated heterocycles. The molecular formula is C9H12O5S. The fourth-order valence-corrected chi connectivity index (χ4v) is 2.07. The number of rotatable bonds is 5. The van der Waals surface area contributed by atoms with Crippen molar-refractivity contribution in [2.24, 2.45) is 0 Å². The predicted molar refractivity (Wildman–Crippen MR) is 53.4 cm³/mol. The monoisotopic (exact) mass is 232 g/mol. The Balaban J connectivity index is 2.78. The van der Waals surface area contributed by atoms with Crippen LogP contribution >= 0.6 is 0 Å². The molecule has 0 bridgehead atoms. The number of hydrogen-bond donors (Lipinski definition) is 1. The van der Waals surface area contributed by atoms with Gasteiger partial charge < -0.3 is 14.3 Å². The lowest BCUT2D eigenvalue weighted by atomic mass is 10.5. The quantitative estimate of drug-likeness (QED) is 0.823. The molecule has 2 unspecified atom stereocenters. The molecule has 1 aromatic rings. The summed E-state index contributed by atoms with van der Waals surface area (Å²) in [6, 6.07) is 2.70. The van der Waals surface area contributed by atoms with Gasteiger partial charge in [-0.15, -0.1) is 0 Å². The van der Waals surface area contributed by atoms with Crippen LogP contribution in [0.4, 0.5) is 0 Å². The van der Waals surface area contributed by atoms with Crippen LogP contribution in [0, 0.1) is 0 Å². The third-order valence-electron chi connectivity index (χ3n) is 1.76. The number of aromatic carboxylic acids is 1. The Labute approximate surface area is 89.5 Å². The number of ether oxygens (including phenoxy) is 1. The first-order valence-corrected chi connectivity index (χ1v) is 5.50. The molecule has 1 heterocycles. The summed E-state index contributed by atoms with van der Waals surface area (Å²) >= 11 is 0. The van der Waals surface area contributed by atoms with Crippen molar-refractivity contribution in [2.45, 2.75) is 17.3 Å². The van der Waals surface area contributed by atoms with Crippen LogP contribution in [0.5, 0.6) is 0 Å². The second-order valence-corrected chi connectivity index (χ2v) is 4.79. The Morgan fingerprint density at radius 2 is 2.33 bits per heavy atom. The van der Waals surface area contributed by atoms with Crippen molar-refractivity contribution in [3.05, 3.63) is 17.9 Å². The van der Waals surface area contributed by atoms with E-state index in [0.717, 1.165) is 0 Å². The number of furan rings is 1. The molecule has 0 amide bonds. The van der Waals surface area contributed by atoms with Gasteiger partial charge in [0.25, 0.3) is 0 Å². The van der Waals surface area contributed by atoms with E-state index in [1.807, 2.05) is 0 Å². The normalized spacial score (nSPS) is 14.8. The van der Waals surface area contributed by atoms with Crippen molar-refractivity contribution in [3.8, 4) is 0 Å². The minimum absolute atomic E-state index is 0.164. The van der Waals surface area contributed by atoms with Crippen LogP contribution in [0.2, 0.25) is 0 Å². The van der Waals surface area contributed by atoms with Crippen LogP contribution in [0.25, 0.3) is 0 Å². The first-order valence-electron chi connectivity index (χ1n) is 4.29. The Morgan fingerprint density at radius 1 is 1.67 bits per heavy atom. The highest BCUT2D eigenvalue weighted by atomic mass is 32.2. The van der Waals surface area contributed by atoms with E-state index in [-0.39, 0.29) is 16.1 Å². The third kappa shape index (κ3) is 2.90. The van der Waals surface area contributed by atoms with Gasteiger partial charge in [-0.3, -0.25) is 4.21 Å². The highest BCUT2D eigenvalue weighted by Crippen LogP contribution is 2.15. The molecule has 0 aliphatic heterocycles. The van der Waals surface area contributed by atoms with E-state index in [2.05, 4.69) is 0 Å². The van der Waals surface area contributed by atoms with E-state index in [0.29, 0.717) is 6.61 Å². The lowest BCUT2D eigenvalue weighted by molar-refractivity contribution is 0.0656. The van der Waals surface area contributed by atoms with Gasteiger partial charge in [-0.25, -0.2) is 4.79 Å². The number of methoxy groups -OCH3 is 1. The molecule has 0 spiro atoms. The summed E-state index contributed by atoms with van der Waals surface area (Å²) in [4.78, 5) is 10.5. The molecule has 0 aliphatic rings. The SMILES string of the molecule is COCC(C)S(=O)c1ccc(C(=O)O)o1. The number of carbonyl (C=O) groups is 1. The van der Waals surface area contributed by atoms with Gasteiger partial charge in [0.05, 0.1) is 22.7 Å². The third-order valence-corrected chi connectivity index (χ3v) is 3.24. The van der Waals surface area contributed by atoms with Gasteiger partial charge in [0.15, 0.2) is 5.09 Å². The fraction of sp³-hybridized carbons (Fsp3) is 0.444. The second-order valence-electron chi connectivity index (χ2n) is 2.99. The van der Waals surface area contributed by atoms with Crippen LogP contribution < -0.4 is 0 Å².